The van der Waals surface area contributed by atoms with Gasteiger partial charge in [-0.05, 0) is 103 Å². The van der Waals surface area contributed by atoms with Crippen LogP contribution in [0.4, 0.5) is 0 Å². The van der Waals surface area contributed by atoms with Gasteiger partial charge in [-0.1, -0.05) is 275 Å². The number of carbonyl (C=O) groups is 3. The summed E-state index contributed by atoms with van der Waals surface area (Å²) in [5.41, 5.74) is 0. The third-order valence-corrected chi connectivity index (χ3v) is 14.5. The molecule has 0 aliphatic rings. The van der Waals surface area contributed by atoms with E-state index >= 15 is 0 Å². The summed E-state index contributed by atoms with van der Waals surface area (Å²) in [4.78, 5) is 38.3. The van der Waals surface area contributed by atoms with E-state index in [0.717, 1.165) is 70.6 Å². The highest BCUT2D eigenvalue weighted by Crippen LogP contribution is 2.17. The molecule has 0 aliphatic carbocycles. The fourth-order valence-corrected chi connectivity index (χ4v) is 9.58. The number of ether oxygens (including phenoxy) is 3. The Morgan fingerprint density at radius 3 is 0.784 bits per heavy atom. The highest BCUT2D eigenvalue weighted by Gasteiger charge is 2.19. The van der Waals surface area contributed by atoms with Crippen LogP contribution in [0.25, 0.3) is 0 Å². The summed E-state index contributed by atoms with van der Waals surface area (Å²) < 4.78 is 16.9. The zero-order valence-corrected chi connectivity index (χ0v) is 49.6. The third kappa shape index (κ3) is 60.2. The lowest BCUT2D eigenvalue weighted by molar-refractivity contribution is -0.167. The normalized spacial score (nSPS) is 12.3. The van der Waals surface area contributed by atoms with Gasteiger partial charge in [0.15, 0.2) is 6.10 Å². The van der Waals surface area contributed by atoms with Gasteiger partial charge in [-0.15, -0.1) is 0 Å². The Balaban J connectivity index is 4.25. The van der Waals surface area contributed by atoms with Crippen LogP contribution in [0.2, 0.25) is 0 Å². The average molecular weight is 1040 g/mol. The zero-order chi connectivity index (χ0) is 53.6. The van der Waals surface area contributed by atoms with E-state index in [-0.39, 0.29) is 31.1 Å². The second-order valence-electron chi connectivity index (χ2n) is 22.0. The van der Waals surface area contributed by atoms with Crippen molar-refractivity contribution in [3.63, 3.8) is 0 Å². The topological polar surface area (TPSA) is 78.9 Å². The van der Waals surface area contributed by atoms with E-state index < -0.39 is 6.10 Å². The molecule has 1 atom stereocenters. The molecule has 0 radical (unpaired) electrons. The fraction of sp³-hybridized carbons (Fsp3) is 0.838. The summed E-state index contributed by atoms with van der Waals surface area (Å²) in [6, 6.07) is 0. The lowest BCUT2D eigenvalue weighted by atomic mass is 10.0. The molecule has 6 nitrogen and oxygen atoms in total. The van der Waals surface area contributed by atoms with E-state index in [1.165, 1.54) is 238 Å². The maximum absolute atomic E-state index is 12.9. The number of esters is 3. The molecular weight excluding hydrogens is 913 g/mol. The van der Waals surface area contributed by atoms with Gasteiger partial charge in [0.25, 0.3) is 0 Å². The summed E-state index contributed by atoms with van der Waals surface area (Å²) in [6.45, 7) is 6.64. The van der Waals surface area contributed by atoms with Crippen molar-refractivity contribution >= 4 is 17.9 Å². The largest absolute Gasteiger partial charge is 0.462 e. The second-order valence-corrected chi connectivity index (χ2v) is 22.0. The minimum Gasteiger partial charge on any atom is -0.462 e. The SMILES string of the molecule is CCCCC/C=C\CCCCCCCC(=O)OCC(COC(=O)CCCCCCCCCCCCCCC/C=C\C/C=C\CCCCCCC)OC(=O)CCCCCCCCCCC/C=C\CCCCCCCC. The van der Waals surface area contributed by atoms with Gasteiger partial charge in [-0.3, -0.25) is 14.4 Å². The highest BCUT2D eigenvalue weighted by molar-refractivity contribution is 5.71. The van der Waals surface area contributed by atoms with E-state index in [2.05, 4.69) is 69.4 Å². The van der Waals surface area contributed by atoms with Gasteiger partial charge in [0.05, 0.1) is 0 Å². The Kier molecular flexibility index (Phi) is 60.7. The Hall–Kier alpha value is -2.63. The molecule has 432 valence electrons. The number of unbranched alkanes of at least 4 members (excludes halogenated alkanes) is 41. The van der Waals surface area contributed by atoms with Gasteiger partial charge < -0.3 is 14.2 Å². The third-order valence-electron chi connectivity index (χ3n) is 14.5. The summed E-state index contributed by atoms with van der Waals surface area (Å²) in [5, 5.41) is 0. The van der Waals surface area contributed by atoms with Crippen LogP contribution in [-0.4, -0.2) is 37.2 Å². The number of hydrogen-bond donors (Lipinski definition) is 0. The molecule has 0 aromatic heterocycles. The molecule has 0 aromatic rings. The molecule has 0 amide bonds. The maximum Gasteiger partial charge on any atom is 0.306 e. The van der Waals surface area contributed by atoms with Crippen LogP contribution in [0.5, 0.6) is 0 Å². The Morgan fingerprint density at radius 2 is 0.486 bits per heavy atom. The van der Waals surface area contributed by atoms with Gasteiger partial charge in [0.1, 0.15) is 13.2 Å². The monoisotopic (exact) mass is 1040 g/mol. The van der Waals surface area contributed by atoms with Crippen LogP contribution in [0.3, 0.4) is 0 Å². The van der Waals surface area contributed by atoms with Crippen LogP contribution in [0, 0.1) is 0 Å². The van der Waals surface area contributed by atoms with Crippen molar-refractivity contribution in [2.45, 2.75) is 354 Å². The fourth-order valence-electron chi connectivity index (χ4n) is 9.58. The number of hydrogen-bond acceptors (Lipinski definition) is 6. The van der Waals surface area contributed by atoms with Crippen molar-refractivity contribution < 1.29 is 28.6 Å². The van der Waals surface area contributed by atoms with Crippen molar-refractivity contribution in [3.05, 3.63) is 48.6 Å². The molecule has 0 N–H and O–H groups in total. The first-order valence-electron chi connectivity index (χ1n) is 32.6. The molecule has 0 aliphatic heterocycles. The first-order chi connectivity index (χ1) is 36.5. The van der Waals surface area contributed by atoms with E-state index in [1.807, 2.05) is 0 Å². The predicted octanol–water partition coefficient (Wildman–Crippen LogP) is 22.2. The Labute approximate surface area is 460 Å². The van der Waals surface area contributed by atoms with E-state index in [0.29, 0.717) is 19.3 Å². The van der Waals surface area contributed by atoms with E-state index in [4.69, 9.17) is 14.2 Å². The molecule has 6 heteroatoms. The molecule has 0 rings (SSSR count). The lowest BCUT2D eigenvalue weighted by Gasteiger charge is -2.18. The molecule has 0 saturated heterocycles. The standard InChI is InChI=1S/C68H124O6/c1-4-7-10-13-16-19-22-25-27-29-31-32-33-34-35-36-38-39-41-43-46-49-52-55-58-61-67(70)73-64-65(63-72-66(69)60-57-54-51-48-45-24-21-18-15-12-9-6-3)74-68(71)62-59-56-53-50-47-44-42-40-37-30-28-26-23-20-17-14-11-8-5-2/h18,21-22,25-26,28-29,31,65H,4-17,19-20,23-24,27,30,32-64H2,1-3H3/b21-18-,25-22-,28-26-,31-29-. The predicted molar refractivity (Wildman–Crippen MR) is 321 cm³/mol. The molecule has 1 unspecified atom stereocenters. The van der Waals surface area contributed by atoms with Crippen LogP contribution in [0.15, 0.2) is 48.6 Å². The average Bonchev–Trinajstić information content (AvgIpc) is 3.40. The second kappa shape index (κ2) is 62.9. The van der Waals surface area contributed by atoms with Crippen molar-refractivity contribution in [3.8, 4) is 0 Å². The molecule has 0 fully saturated rings. The number of allylic oxidation sites excluding steroid dienone is 8. The quantitative estimate of drug-likeness (QED) is 0.0261. The summed E-state index contributed by atoms with van der Waals surface area (Å²) in [6.07, 6.45) is 78.4. The molecule has 0 heterocycles. The number of carbonyl (C=O) groups excluding carboxylic acids is 3. The van der Waals surface area contributed by atoms with Crippen molar-refractivity contribution in [1.29, 1.82) is 0 Å². The summed E-state index contributed by atoms with van der Waals surface area (Å²) >= 11 is 0. The van der Waals surface area contributed by atoms with Crippen LogP contribution < -0.4 is 0 Å². The number of rotatable bonds is 60. The summed E-state index contributed by atoms with van der Waals surface area (Å²) in [5.74, 6) is -0.867. The molecular formula is C68H124O6. The minimum absolute atomic E-state index is 0.0742. The van der Waals surface area contributed by atoms with Crippen LogP contribution in [0.1, 0.15) is 348 Å². The Bertz CT molecular complexity index is 1280. The smallest absolute Gasteiger partial charge is 0.306 e. The first-order valence-corrected chi connectivity index (χ1v) is 32.6. The van der Waals surface area contributed by atoms with E-state index in [9.17, 15) is 14.4 Å². The van der Waals surface area contributed by atoms with Gasteiger partial charge >= 0.3 is 17.9 Å². The molecule has 0 aromatic carbocycles. The summed E-state index contributed by atoms with van der Waals surface area (Å²) in [7, 11) is 0. The molecule has 74 heavy (non-hydrogen) atoms. The zero-order valence-electron chi connectivity index (χ0n) is 49.6. The molecule has 0 bridgehead atoms. The van der Waals surface area contributed by atoms with Gasteiger partial charge in [0.2, 0.25) is 0 Å². The van der Waals surface area contributed by atoms with Crippen molar-refractivity contribution in [1.82, 2.24) is 0 Å². The van der Waals surface area contributed by atoms with Gasteiger partial charge in [0, 0.05) is 19.3 Å². The van der Waals surface area contributed by atoms with Gasteiger partial charge in [-0.2, -0.15) is 0 Å². The molecule has 0 spiro atoms. The Morgan fingerprint density at radius 1 is 0.270 bits per heavy atom. The minimum atomic E-state index is -0.777. The van der Waals surface area contributed by atoms with Crippen molar-refractivity contribution in [2.75, 3.05) is 13.2 Å². The van der Waals surface area contributed by atoms with Crippen molar-refractivity contribution in [2.24, 2.45) is 0 Å². The van der Waals surface area contributed by atoms with Crippen LogP contribution in [-0.2, 0) is 28.6 Å². The van der Waals surface area contributed by atoms with Crippen LogP contribution >= 0.6 is 0 Å². The lowest BCUT2D eigenvalue weighted by Crippen LogP contribution is -2.30. The first kappa shape index (κ1) is 71.4. The highest BCUT2D eigenvalue weighted by atomic mass is 16.6. The van der Waals surface area contributed by atoms with E-state index in [1.54, 1.807) is 0 Å². The van der Waals surface area contributed by atoms with Gasteiger partial charge in [-0.25, -0.2) is 0 Å². The maximum atomic E-state index is 12.9. The molecule has 0 saturated carbocycles.